The van der Waals surface area contributed by atoms with E-state index in [0.29, 0.717) is 12.8 Å². The van der Waals surface area contributed by atoms with Crippen molar-refractivity contribution >= 4 is 25.7 Å². The molecule has 0 aliphatic heterocycles. The molecule has 364 valence electrons. The van der Waals surface area contributed by atoms with Gasteiger partial charge in [0, 0.05) is 12.8 Å². The second-order valence-corrected chi connectivity index (χ2v) is 17.5. The minimum Gasteiger partial charge on any atom is -0.480 e. The van der Waals surface area contributed by atoms with Crippen LogP contribution < -0.4 is 5.73 Å². The molecular weight excluding hydrogens is 829 g/mol. The van der Waals surface area contributed by atoms with Gasteiger partial charge in [0.05, 0.1) is 31.5 Å². The normalized spacial score (nSPS) is 15.7. The van der Waals surface area contributed by atoms with Crippen molar-refractivity contribution in [2.75, 3.05) is 19.8 Å². The van der Waals surface area contributed by atoms with Crippen molar-refractivity contribution in [1.29, 1.82) is 0 Å². The lowest BCUT2D eigenvalue weighted by Crippen LogP contribution is -2.34. The van der Waals surface area contributed by atoms with Crippen LogP contribution in [0.2, 0.25) is 0 Å². The summed E-state index contributed by atoms with van der Waals surface area (Å²) in [6.07, 6.45) is 38.0. The minimum absolute atomic E-state index is 0.0455. The molecule has 0 aliphatic carbocycles. The number of carboxylic acids is 1. The number of aliphatic hydroxyl groups is 3. The number of carbonyl (C=O) groups is 3. The molecule has 63 heavy (non-hydrogen) atoms. The average molecular weight is 914 g/mol. The lowest BCUT2D eigenvalue weighted by atomic mass is 10.0. The lowest BCUT2D eigenvalue weighted by Gasteiger charge is -2.20. The van der Waals surface area contributed by atoms with Gasteiger partial charge in [-0.3, -0.25) is 23.4 Å². The summed E-state index contributed by atoms with van der Waals surface area (Å²) >= 11 is 0. The van der Waals surface area contributed by atoms with E-state index in [1.807, 2.05) is 19.1 Å². The number of esters is 2. The number of carboxylic acid groups (broad SMARTS) is 1. The molecule has 0 amide bonds. The quantitative estimate of drug-likeness (QED) is 0.0110. The molecule has 0 radical (unpaired) electrons. The van der Waals surface area contributed by atoms with E-state index < -0.39 is 76.0 Å². The molecule has 0 aromatic carbocycles. The van der Waals surface area contributed by atoms with Crippen LogP contribution in [-0.2, 0) is 37.5 Å². The van der Waals surface area contributed by atoms with Gasteiger partial charge < -0.3 is 40.5 Å². The van der Waals surface area contributed by atoms with E-state index >= 15 is 0 Å². The van der Waals surface area contributed by atoms with Gasteiger partial charge in [-0.1, -0.05) is 190 Å². The van der Waals surface area contributed by atoms with Crippen LogP contribution in [0.5, 0.6) is 0 Å². The first-order chi connectivity index (χ1) is 30.3. The van der Waals surface area contributed by atoms with E-state index in [-0.39, 0.29) is 25.7 Å². The lowest BCUT2D eigenvalue weighted by molar-refractivity contribution is -0.161. The van der Waals surface area contributed by atoms with Crippen LogP contribution in [0.15, 0.2) is 60.8 Å². The van der Waals surface area contributed by atoms with Crippen LogP contribution in [-0.4, -0.2) is 93.5 Å². The Balaban J connectivity index is 4.59. The Labute approximate surface area is 378 Å². The third-order valence-electron chi connectivity index (χ3n) is 10.1. The Morgan fingerprint density at radius 2 is 1.08 bits per heavy atom. The highest BCUT2D eigenvalue weighted by Crippen LogP contribution is 2.43. The summed E-state index contributed by atoms with van der Waals surface area (Å²) in [5.74, 6) is -2.76. The third kappa shape index (κ3) is 40.3. The van der Waals surface area contributed by atoms with E-state index in [4.69, 9.17) is 24.8 Å². The van der Waals surface area contributed by atoms with Gasteiger partial charge in [-0.05, 0) is 32.1 Å². The van der Waals surface area contributed by atoms with Gasteiger partial charge in [0.25, 0.3) is 0 Å². The van der Waals surface area contributed by atoms with Gasteiger partial charge in [0.2, 0.25) is 0 Å². The molecule has 1 unspecified atom stereocenters. The smallest absolute Gasteiger partial charge is 0.472 e. The standard InChI is InChI=1S/C48H84NO13P/c1-3-5-7-8-9-10-11-12-13-14-15-16-17-18-19-20-21-26-30-36-46(53)59-38-42(39-60-63(57,58)61-40-43(49)48(55)56)62-47(54)37-31-35-45(52)44(51)34-29-25-23-22-24-28-33-41(50)32-27-6-4-2/h6,22-25,27-29,33-34,41-45,50-52H,3-5,7-21,26,30-32,35-40,49H2,1-2H3,(H,55,56)(H,57,58)/b24-22+,25-23-,27-6-,33-28+,34-29-/t41-,42+,43-,44+,45+/m0/s1. The fourth-order valence-corrected chi connectivity index (χ4v) is 7.07. The van der Waals surface area contributed by atoms with E-state index in [0.717, 1.165) is 25.7 Å². The maximum atomic E-state index is 12.7. The molecule has 0 rings (SSSR count). The number of hydrogen-bond acceptors (Lipinski definition) is 12. The van der Waals surface area contributed by atoms with Crippen LogP contribution >= 0.6 is 7.82 Å². The summed E-state index contributed by atoms with van der Waals surface area (Å²) in [4.78, 5) is 46.1. The molecule has 0 aromatic rings. The van der Waals surface area contributed by atoms with Crippen LogP contribution in [0.1, 0.15) is 174 Å². The monoisotopic (exact) mass is 914 g/mol. The zero-order valence-electron chi connectivity index (χ0n) is 38.5. The number of phosphoric ester groups is 1. The maximum absolute atomic E-state index is 12.7. The molecular formula is C48H84NO13P. The number of phosphoric acid groups is 1. The Kier molecular flexibility index (Phi) is 39.8. The highest BCUT2D eigenvalue weighted by atomic mass is 31.2. The van der Waals surface area contributed by atoms with Gasteiger partial charge in [-0.15, -0.1) is 0 Å². The first-order valence-corrected chi connectivity index (χ1v) is 25.1. The topological polar surface area (TPSA) is 232 Å². The SMILES string of the molecule is CC/C=C\C[C@H](O)/C=C/C=C/C=C\C=C/[C@@H](O)[C@H](O)CCCC(=O)O[C@H](COC(=O)CCCCCCCCCCCCCCCCCCCCC)COP(=O)(O)OC[C@H](N)C(=O)O. The molecule has 0 spiro atoms. The Morgan fingerprint density at radius 1 is 0.603 bits per heavy atom. The Hall–Kier alpha value is -2.94. The molecule has 0 aliphatic rings. The molecule has 0 fully saturated rings. The number of hydrogen-bond donors (Lipinski definition) is 6. The molecule has 0 saturated heterocycles. The average Bonchev–Trinajstić information content (AvgIpc) is 3.25. The number of rotatable bonds is 43. The van der Waals surface area contributed by atoms with E-state index in [2.05, 4.69) is 11.4 Å². The van der Waals surface area contributed by atoms with E-state index in [9.17, 15) is 39.2 Å². The number of ether oxygens (including phenoxy) is 2. The largest absolute Gasteiger partial charge is 0.480 e. The van der Waals surface area contributed by atoms with Gasteiger partial charge in [0.15, 0.2) is 6.10 Å². The van der Waals surface area contributed by atoms with Crippen molar-refractivity contribution in [3.05, 3.63) is 60.8 Å². The molecule has 0 saturated carbocycles. The predicted molar refractivity (Wildman–Crippen MR) is 249 cm³/mol. The maximum Gasteiger partial charge on any atom is 0.472 e. The number of nitrogens with two attached hydrogens (primary N) is 1. The van der Waals surface area contributed by atoms with Crippen LogP contribution in [0.25, 0.3) is 0 Å². The van der Waals surface area contributed by atoms with Crippen molar-refractivity contribution in [3.8, 4) is 0 Å². The zero-order valence-corrected chi connectivity index (χ0v) is 39.4. The first kappa shape index (κ1) is 60.1. The number of allylic oxidation sites excluding steroid dienone is 7. The predicted octanol–water partition coefficient (Wildman–Crippen LogP) is 9.64. The summed E-state index contributed by atoms with van der Waals surface area (Å²) in [6, 6.07) is -1.58. The van der Waals surface area contributed by atoms with Gasteiger partial charge in [-0.25, -0.2) is 4.57 Å². The van der Waals surface area contributed by atoms with Crippen LogP contribution in [0.4, 0.5) is 0 Å². The number of aliphatic carboxylic acids is 1. The highest BCUT2D eigenvalue weighted by Gasteiger charge is 2.28. The van der Waals surface area contributed by atoms with Crippen molar-refractivity contribution in [1.82, 2.24) is 0 Å². The van der Waals surface area contributed by atoms with Gasteiger partial charge >= 0.3 is 25.7 Å². The molecule has 0 heterocycles. The third-order valence-corrected chi connectivity index (χ3v) is 11.1. The second kappa shape index (κ2) is 41.7. The molecule has 7 N–H and O–H groups in total. The zero-order chi connectivity index (χ0) is 46.8. The molecule has 0 bridgehead atoms. The fourth-order valence-electron chi connectivity index (χ4n) is 6.29. The number of unbranched alkanes of at least 4 members (excludes halogenated alkanes) is 18. The summed E-state index contributed by atoms with van der Waals surface area (Å²) in [7, 11) is -4.82. The molecule has 15 heteroatoms. The first-order valence-electron chi connectivity index (χ1n) is 23.6. The summed E-state index contributed by atoms with van der Waals surface area (Å²) in [5, 5.41) is 39.4. The van der Waals surface area contributed by atoms with Crippen LogP contribution in [0, 0.1) is 0 Å². The minimum atomic E-state index is -4.82. The highest BCUT2D eigenvalue weighted by molar-refractivity contribution is 7.47. The summed E-state index contributed by atoms with van der Waals surface area (Å²) in [6.45, 7) is 2.28. The Bertz CT molecular complexity index is 1350. The van der Waals surface area contributed by atoms with Crippen molar-refractivity contribution in [2.24, 2.45) is 5.73 Å². The van der Waals surface area contributed by atoms with Gasteiger partial charge in [-0.2, -0.15) is 0 Å². The summed E-state index contributed by atoms with van der Waals surface area (Å²) < 4.78 is 32.5. The van der Waals surface area contributed by atoms with E-state index in [1.54, 1.807) is 42.5 Å². The van der Waals surface area contributed by atoms with Crippen LogP contribution in [0.3, 0.4) is 0 Å². The van der Waals surface area contributed by atoms with E-state index in [1.165, 1.54) is 102 Å². The molecule has 14 nitrogen and oxygen atoms in total. The Morgan fingerprint density at radius 3 is 1.60 bits per heavy atom. The van der Waals surface area contributed by atoms with Crippen molar-refractivity contribution in [2.45, 2.75) is 205 Å². The van der Waals surface area contributed by atoms with Gasteiger partial charge in [0.1, 0.15) is 12.6 Å². The molecule has 0 aromatic heterocycles. The second-order valence-electron chi connectivity index (χ2n) is 16.1. The van der Waals surface area contributed by atoms with Crippen molar-refractivity contribution < 1.29 is 62.8 Å². The number of aliphatic hydroxyl groups excluding tert-OH is 3. The number of carbonyl (C=O) groups excluding carboxylic acids is 2. The fraction of sp³-hybridized carbons (Fsp3) is 0.729. The molecule has 6 atom stereocenters. The van der Waals surface area contributed by atoms with Crippen molar-refractivity contribution in [3.63, 3.8) is 0 Å². The summed E-state index contributed by atoms with van der Waals surface area (Å²) in [5.41, 5.74) is 5.32.